The van der Waals surface area contributed by atoms with Gasteiger partial charge in [-0.2, -0.15) is 4.68 Å². The van der Waals surface area contributed by atoms with Gasteiger partial charge in [0.25, 0.3) is 0 Å². The van der Waals surface area contributed by atoms with E-state index in [1.54, 1.807) is 11.8 Å². The van der Waals surface area contributed by atoms with Crippen LogP contribution >= 0.6 is 11.3 Å². The molecule has 0 radical (unpaired) electrons. The van der Waals surface area contributed by atoms with Gasteiger partial charge < -0.3 is 9.84 Å². The van der Waals surface area contributed by atoms with Crippen LogP contribution in [0.25, 0.3) is 5.13 Å². The standard InChI is InChI=1S/C8H11N5O2S/c1-5-9-11-8(16-5)13-7(4-15-2)6(3-14)10-12-13/h14H,3-4H2,1-2H3. The smallest absolute Gasteiger partial charge is 0.234 e. The number of methoxy groups -OCH3 is 1. The molecule has 8 heteroatoms. The maximum absolute atomic E-state index is 9.11. The Morgan fingerprint density at radius 1 is 1.38 bits per heavy atom. The molecule has 0 atom stereocenters. The molecular weight excluding hydrogens is 230 g/mol. The van der Waals surface area contributed by atoms with E-state index in [1.807, 2.05) is 6.92 Å². The Hall–Kier alpha value is -1.38. The van der Waals surface area contributed by atoms with E-state index in [9.17, 15) is 0 Å². The highest BCUT2D eigenvalue weighted by molar-refractivity contribution is 7.13. The zero-order valence-corrected chi connectivity index (χ0v) is 9.73. The van der Waals surface area contributed by atoms with Crippen LogP contribution in [0.3, 0.4) is 0 Å². The van der Waals surface area contributed by atoms with Crippen molar-refractivity contribution in [1.29, 1.82) is 0 Å². The van der Waals surface area contributed by atoms with Crippen molar-refractivity contribution >= 4 is 11.3 Å². The Bertz CT molecular complexity index is 480. The number of ether oxygens (including phenoxy) is 1. The van der Waals surface area contributed by atoms with E-state index in [4.69, 9.17) is 9.84 Å². The maximum Gasteiger partial charge on any atom is 0.234 e. The minimum Gasteiger partial charge on any atom is -0.390 e. The second kappa shape index (κ2) is 4.64. The Kier molecular flexibility index (Phi) is 3.22. The molecule has 2 aromatic rings. The van der Waals surface area contributed by atoms with Gasteiger partial charge >= 0.3 is 0 Å². The molecule has 0 saturated heterocycles. The molecule has 0 unspecified atom stereocenters. The molecule has 16 heavy (non-hydrogen) atoms. The first kappa shape index (κ1) is 11.1. The summed E-state index contributed by atoms with van der Waals surface area (Å²) in [6.45, 7) is 2.01. The van der Waals surface area contributed by atoms with Gasteiger partial charge in [-0.15, -0.1) is 15.3 Å². The highest BCUT2D eigenvalue weighted by Crippen LogP contribution is 2.17. The van der Waals surface area contributed by atoms with Crippen LogP contribution in [0.15, 0.2) is 0 Å². The molecule has 0 fully saturated rings. The molecule has 0 aliphatic heterocycles. The minimum atomic E-state index is -0.170. The molecule has 2 rings (SSSR count). The molecule has 0 amide bonds. The fourth-order valence-electron chi connectivity index (χ4n) is 1.26. The van der Waals surface area contributed by atoms with Crippen LogP contribution in [0.1, 0.15) is 16.4 Å². The number of hydrogen-bond acceptors (Lipinski definition) is 7. The van der Waals surface area contributed by atoms with Gasteiger partial charge in [-0.05, 0) is 6.92 Å². The van der Waals surface area contributed by atoms with Crippen molar-refractivity contribution in [2.45, 2.75) is 20.1 Å². The van der Waals surface area contributed by atoms with Crippen molar-refractivity contribution in [3.05, 3.63) is 16.4 Å². The van der Waals surface area contributed by atoms with Crippen LogP contribution in [-0.4, -0.2) is 37.4 Å². The average Bonchev–Trinajstić information content (AvgIpc) is 2.85. The van der Waals surface area contributed by atoms with Gasteiger partial charge in [-0.25, -0.2) is 0 Å². The van der Waals surface area contributed by atoms with Crippen molar-refractivity contribution in [1.82, 2.24) is 25.2 Å². The molecule has 0 aliphatic rings. The highest BCUT2D eigenvalue weighted by Gasteiger charge is 2.15. The zero-order chi connectivity index (χ0) is 11.5. The van der Waals surface area contributed by atoms with Crippen LogP contribution in [0.4, 0.5) is 0 Å². The fraction of sp³-hybridized carbons (Fsp3) is 0.500. The predicted octanol–water partition coefficient (Wildman–Crippen LogP) is 0.0659. The van der Waals surface area contributed by atoms with Gasteiger partial charge in [0.05, 0.1) is 18.9 Å². The normalized spacial score (nSPS) is 10.9. The lowest BCUT2D eigenvalue weighted by atomic mass is 10.3. The van der Waals surface area contributed by atoms with E-state index in [-0.39, 0.29) is 6.61 Å². The lowest BCUT2D eigenvalue weighted by molar-refractivity contribution is 0.175. The molecule has 0 aromatic carbocycles. The van der Waals surface area contributed by atoms with Gasteiger partial charge in [0.15, 0.2) is 0 Å². The molecule has 2 heterocycles. The van der Waals surface area contributed by atoms with E-state index < -0.39 is 0 Å². The SMILES string of the molecule is COCc1c(CO)nnn1-c1nnc(C)s1. The Morgan fingerprint density at radius 2 is 2.19 bits per heavy atom. The summed E-state index contributed by atoms with van der Waals surface area (Å²) in [6, 6.07) is 0. The third kappa shape index (κ3) is 1.94. The quantitative estimate of drug-likeness (QED) is 0.815. The molecular formula is C8H11N5O2S. The summed E-state index contributed by atoms with van der Waals surface area (Å²) in [5.41, 5.74) is 1.19. The lowest BCUT2D eigenvalue weighted by Gasteiger charge is -2.01. The van der Waals surface area contributed by atoms with Crippen LogP contribution in [0, 0.1) is 6.92 Å². The van der Waals surface area contributed by atoms with Crippen molar-refractivity contribution in [2.75, 3.05) is 7.11 Å². The first-order valence-corrected chi connectivity index (χ1v) is 5.41. The number of aryl methyl sites for hydroxylation is 1. The van der Waals surface area contributed by atoms with E-state index in [0.717, 1.165) is 5.01 Å². The molecule has 0 bridgehead atoms. The van der Waals surface area contributed by atoms with Gasteiger partial charge in [0, 0.05) is 7.11 Å². The third-order valence-corrected chi connectivity index (χ3v) is 2.79. The second-order valence-electron chi connectivity index (χ2n) is 3.09. The number of rotatable bonds is 4. The van der Waals surface area contributed by atoms with Gasteiger partial charge in [-0.3, -0.25) is 0 Å². The summed E-state index contributed by atoms with van der Waals surface area (Å²) in [6.07, 6.45) is 0. The van der Waals surface area contributed by atoms with Crippen LogP contribution in [0.2, 0.25) is 0 Å². The minimum absolute atomic E-state index is 0.170. The number of aliphatic hydroxyl groups is 1. The van der Waals surface area contributed by atoms with Crippen molar-refractivity contribution in [3.63, 3.8) is 0 Å². The first-order chi connectivity index (χ1) is 7.76. The molecule has 7 nitrogen and oxygen atoms in total. The van der Waals surface area contributed by atoms with E-state index in [2.05, 4.69) is 20.5 Å². The summed E-state index contributed by atoms with van der Waals surface area (Å²) < 4.78 is 6.58. The summed E-state index contributed by atoms with van der Waals surface area (Å²) in [4.78, 5) is 0. The highest BCUT2D eigenvalue weighted by atomic mass is 32.1. The van der Waals surface area contributed by atoms with Crippen LogP contribution in [0.5, 0.6) is 0 Å². The number of aromatic nitrogens is 5. The molecule has 2 aromatic heterocycles. The van der Waals surface area contributed by atoms with Crippen LogP contribution in [-0.2, 0) is 18.0 Å². The lowest BCUT2D eigenvalue weighted by Crippen LogP contribution is -2.04. The number of nitrogens with zero attached hydrogens (tertiary/aromatic N) is 5. The molecule has 86 valence electrons. The molecule has 0 aliphatic carbocycles. The maximum atomic E-state index is 9.11. The van der Waals surface area contributed by atoms with Crippen molar-refractivity contribution in [2.24, 2.45) is 0 Å². The summed E-state index contributed by atoms with van der Waals surface area (Å²) in [5.74, 6) is 0. The summed E-state index contributed by atoms with van der Waals surface area (Å²) in [5, 5.41) is 26.2. The Morgan fingerprint density at radius 3 is 2.75 bits per heavy atom. The predicted molar refractivity (Wildman–Crippen MR) is 56.2 cm³/mol. The van der Waals surface area contributed by atoms with E-state index in [1.165, 1.54) is 11.3 Å². The summed E-state index contributed by atoms with van der Waals surface area (Å²) in [7, 11) is 1.57. The fourth-order valence-corrected chi connectivity index (χ4v) is 1.92. The largest absolute Gasteiger partial charge is 0.390 e. The van der Waals surface area contributed by atoms with E-state index >= 15 is 0 Å². The second-order valence-corrected chi connectivity index (χ2v) is 4.25. The Labute approximate surface area is 95.7 Å². The summed E-state index contributed by atoms with van der Waals surface area (Å²) >= 11 is 1.41. The monoisotopic (exact) mass is 241 g/mol. The average molecular weight is 241 g/mol. The van der Waals surface area contributed by atoms with Crippen molar-refractivity contribution in [3.8, 4) is 5.13 Å². The van der Waals surface area contributed by atoms with E-state index in [0.29, 0.717) is 23.1 Å². The van der Waals surface area contributed by atoms with Crippen LogP contribution < -0.4 is 0 Å². The number of hydrogen-bond donors (Lipinski definition) is 1. The van der Waals surface area contributed by atoms with Gasteiger partial charge in [0.1, 0.15) is 10.7 Å². The molecule has 0 saturated carbocycles. The van der Waals surface area contributed by atoms with Gasteiger partial charge in [0.2, 0.25) is 5.13 Å². The first-order valence-electron chi connectivity index (χ1n) is 4.60. The Balaban J connectivity index is 2.43. The molecule has 0 spiro atoms. The third-order valence-electron chi connectivity index (χ3n) is 1.97. The van der Waals surface area contributed by atoms with Gasteiger partial charge in [-0.1, -0.05) is 16.6 Å². The topological polar surface area (TPSA) is 86.0 Å². The zero-order valence-electron chi connectivity index (χ0n) is 8.91. The molecule has 1 N–H and O–H groups in total. The number of aliphatic hydroxyl groups excluding tert-OH is 1. The van der Waals surface area contributed by atoms with Crippen molar-refractivity contribution < 1.29 is 9.84 Å².